The predicted molar refractivity (Wildman–Crippen MR) is 86.0 cm³/mol. The van der Waals surface area contributed by atoms with Gasteiger partial charge in [-0.2, -0.15) is 5.26 Å². The maximum absolute atomic E-state index is 11.6. The Morgan fingerprint density at radius 2 is 2.21 bits per heavy atom. The number of nitro groups is 1. The van der Waals surface area contributed by atoms with Crippen molar-refractivity contribution >= 4 is 29.3 Å². The van der Waals surface area contributed by atoms with E-state index < -0.39 is 10.9 Å². The lowest BCUT2D eigenvalue weighted by Gasteiger charge is -2.00. The van der Waals surface area contributed by atoms with Crippen molar-refractivity contribution < 1.29 is 18.9 Å². The number of ether oxygens (including phenoxy) is 1. The molecule has 0 aliphatic carbocycles. The molecule has 0 bridgehead atoms. The summed E-state index contributed by atoms with van der Waals surface area (Å²) < 4.78 is 10.2. The van der Waals surface area contributed by atoms with Gasteiger partial charge < -0.3 is 9.15 Å². The molecule has 0 atom stereocenters. The van der Waals surface area contributed by atoms with Gasteiger partial charge in [0.05, 0.1) is 17.1 Å². The molecule has 0 saturated heterocycles. The molecular formula is C16H11ClN2O5. The third-order valence-corrected chi connectivity index (χ3v) is 3.19. The number of carbonyl (C=O) groups is 1. The number of nitrogens with zero attached hydrogens (tertiary/aromatic N) is 2. The third-order valence-electron chi connectivity index (χ3n) is 2.95. The van der Waals surface area contributed by atoms with Gasteiger partial charge in [-0.25, -0.2) is 4.79 Å². The monoisotopic (exact) mass is 346 g/mol. The van der Waals surface area contributed by atoms with Crippen LogP contribution in [0.4, 0.5) is 5.69 Å². The van der Waals surface area contributed by atoms with E-state index in [2.05, 4.69) is 0 Å². The van der Waals surface area contributed by atoms with E-state index in [1.807, 2.05) is 0 Å². The molecule has 0 aliphatic rings. The van der Waals surface area contributed by atoms with Crippen molar-refractivity contribution in [2.45, 2.75) is 6.92 Å². The predicted octanol–water partition coefficient (Wildman–Crippen LogP) is 3.98. The quantitative estimate of drug-likeness (QED) is 0.266. The molecule has 1 heterocycles. The lowest BCUT2D eigenvalue weighted by Crippen LogP contribution is -2.05. The molecule has 122 valence electrons. The molecule has 0 fully saturated rings. The van der Waals surface area contributed by atoms with E-state index in [1.165, 1.54) is 36.4 Å². The smallest absolute Gasteiger partial charge is 0.349 e. The molecule has 0 aliphatic heterocycles. The van der Waals surface area contributed by atoms with Gasteiger partial charge in [0.2, 0.25) is 0 Å². The fourth-order valence-electron chi connectivity index (χ4n) is 1.93. The normalized spacial score (nSPS) is 11.0. The third kappa shape index (κ3) is 3.80. The van der Waals surface area contributed by atoms with Crippen LogP contribution in [0.5, 0.6) is 0 Å². The highest BCUT2D eigenvalue weighted by molar-refractivity contribution is 6.30. The summed E-state index contributed by atoms with van der Waals surface area (Å²) in [5.74, 6) is -0.361. The number of esters is 1. The number of carbonyl (C=O) groups excluding carboxylic acids is 1. The topological polar surface area (TPSA) is 106 Å². The Morgan fingerprint density at radius 1 is 1.46 bits per heavy atom. The summed E-state index contributed by atoms with van der Waals surface area (Å²) in [6.07, 6.45) is 1.21. The fraction of sp³-hybridized carbons (Fsp3) is 0.125. The van der Waals surface area contributed by atoms with Crippen molar-refractivity contribution in [2.75, 3.05) is 6.61 Å². The highest BCUT2D eigenvalue weighted by Gasteiger charge is 2.19. The molecule has 1 aromatic heterocycles. The highest BCUT2D eigenvalue weighted by atomic mass is 35.5. The van der Waals surface area contributed by atoms with Gasteiger partial charge in [-0.15, -0.1) is 0 Å². The Bertz CT molecular complexity index is 864. The summed E-state index contributed by atoms with van der Waals surface area (Å²) in [5.41, 5.74) is -0.208. The first-order valence-electron chi connectivity index (χ1n) is 6.79. The Labute approximate surface area is 141 Å². The van der Waals surface area contributed by atoms with Crippen molar-refractivity contribution in [1.29, 1.82) is 5.26 Å². The Morgan fingerprint density at radius 3 is 2.83 bits per heavy atom. The first-order valence-corrected chi connectivity index (χ1v) is 7.17. The van der Waals surface area contributed by atoms with Gasteiger partial charge in [0.15, 0.2) is 0 Å². The number of hydrogen-bond donors (Lipinski definition) is 0. The second-order valence-corrected chi connectivity index (χ2v) is 4.95. The van der Waals surface area contributed by atoms with E-state index in [1.54, 1.807) is 13.0 Å². The van der Waals surface area contributed by atoms with Crippen LogP contribution in [0.2, 0.25) is 5.02 Å². The minimum atomic E-state index is -0.768. The standard InChI is InChI=1S/C16H11ClN2O5/c1-2-23-16(20)10(9-18)7-12-4-6-15(24-12)13-5-3-11(17)8-14(13)19(21)22/h3-8H,2H2,1H3/b10-7+. The summed E-state index contributed by atoms with van der Waals surface area (Å²) in [6.45, 7) is 1.76. The minimum absolute atomic E-state index is 0.137. The van der Waals surface area contributed by atoms with Gasteiger partial charge in [0.25, 0.3) is 5.69 Å². The van der Waals surface area contributed by atoms with Crippen LogP contribution in [0.1, 0.15) is 12.7 Å². The van der Waals surface area contributed by atoms with Crippen LogP contribution >= 0.6 is 11.6 Å². The molecule has 0 radical (unpaired) electrons. The fourth-order valence-corrected chi connectivity index (χ4v) is 2.09. The lowest BCUT2D eigenvalue weighted by atomic mass is 10.1. The van der Waals surface area contributed by atoms with Gasteiger partial charge in [0, 0.05) is 17.2 Å². The van der Waals surface area contributed by atoms with Crippen molar-refractivity contribution in [1.82, 2.24) is 0 Å². The molecule has 8 heteroatoms. The average molecular weight is 347 g/mol. The van der Waals surface area contributed by atoms with Crippen LogP contribution in [-0.2, 0) is 9.53 Å². The SMILES string of the molecule is CCOC(=O)/C(C#N)=C/c1ccc(-c2ccc(Cl)cc2[N+](=O)[O-])o1. The molecule has 0 N–H and O–H groups in total. The highest BCUT2D eigenvalue weighted by Crippen LogP contribution is 2.33. The van der Waals surface area contributed by atoms with Crippen LogP contribution in [0.3, 0.4) is 0 Å². The Balaban J connectivity index is 2.40. The zero-order chi connectivity index (χ0) is 17.7. The van der Waals surface area contributed by atoms with Gasteiger partial charge in [-0.1, -0.05) is 11.6 Å². The summed E-state index contributed by atoms with van der Waals surface area (Å²) in [5, 5.41) is 20.3. The van der Waals surface area contributed by atoms with Gasteiger partial charge in [-0.05, 0) is 31.2 Å². The maximum Gasteiger partial charge on any atom is 0.349 e. The molecule has 1 aromatic carbocycles. The first-order chi connectivity index (χ1) is 11.5. The molecule has 0 unspecified atom stereocenters. The van der Waals surface area contributed by atoms with Gasteiger partial charge in [0.1, 0.15) is 23.2 Å². The van der Waals surface area contributed by atoms with Crippen molar-refractivity contribution in [2.24, 2.45) is 0 Å². The van der Waals surface area contributed by atoms with Crippen molar-refractivity contribution in [3.8, 4) is 17.4 Å². The maximum atomic E-state index is 11.6. The zero-order valence-corrected chi connectivity index (χ0v) is 13.2. The molecule has 24 heavy (non-hydrogen) atoms. The van der Waals surface area contributed by atoms with E-state index in [4.69, 9.17) is 26.0 Å². The molecule has 0 saturated carbocycles. The largest absolute Gasteiger partial charge is 0.462 e. The van der Waals surface area contributed by atoms with E-state index in [-0.39, 0.29) is 40.0 Å². The molecule has 7 nitrogen and oxygen atoms in total. The van der Waals surface area contributed by atoms with Crippen molar-refractivity contribution in [3.05, 3.63) is 56.8 Å². The van der Waals surface area contributed by atoms with E-state index in [0.29, 0.717) is 0 Å². The summed E-state index contributed by atoms with van der Waals surface area (Å²) in [6, 6.07) is 8.89. The lowest BCUT2D eigenvalue weighted by molar-refractivity contribution is -0.384. The Hall–Kier alpha value is -3.11. The van der Waals surface area contributed by atoms with Crippen LogP contribution in [-0.4, -0.2) is 17.5 Å². The van der Waals surface area contributed by atoms with Gasteiger partial charge >= 0.3 is 5.97 Å². The second kappa shape index (κ2) is 7.44. The van der Waals surface area contributed by atoms with Crippen LogP contribution in [0, 0.1) is 21.4 Å². The number of rotatable bonds is 5. The number of halogens is 1. The molecule has 0 spiro atoms. The number of hydrogen-bond acceptors (Lipinski definition) is 6. The van der Waals surface area contributed by atoms with E-state index in [0.717, 1.165) is 0 Å². The Kier molecular flexibility index (Phi) is 5.35. The van der Waals surface area contributed by atoms with Crippen LogP contribution < -0.4 is 0 Å². The number of furan rings is 1. The molecular weight excluding hydrogens is 336 g/mol. The van der Waals surface area contributed by atoms with Gasteiger partial charge in [-0.3, -0.25) is 10.1 Å². The number of nitro benzene ring substituents is 1. The summed E-state index contributed by atoms with van der Waals surface area (Å²) in [4.78, 5) is 22.1. The zero-order valence-electron chi connectivity index (χ0n) is 12.5. The second-order valence-electron chi connectivity index (χ2n) is 4.51. The van der Waals surface area contributed by atoms with Crippen molar-refractivity contribution in [3.63, 3.8) is 0 Å². The number of benzene rings is 1. The first kappa shape index (κ1) is 17.2. The van der Waals surface area contributed by atoms with E-state index in [9.17, 15) is 14.9 Å². The van der Waals surface area contributed by atoms with Crippen LogP contribution in [0.25, 0.3) is 17.4 Å². The molecule has 0 amide bonds. The van der Waals surface area contributed by atoms with Crippen LogP contribution in [0.15, 0.2) is 40.3 Å². The summed E-state index contributed by atoms with van der Waals surface area (Å²) >= 11 is 5.77. The number of nitriles is 1. The molecule has 2 rings (SSSR count). The molecule has 2 aromatic rings. The summed E-state index contributed by atoms with van der Waals surface area (Å²) in [7, 11) is 0. The van der Waals surface area contributed by atoms with E-state index >= 15 is 0 Å². The minimum Gasteiger partial charge on any atom is -0.462 e. The average Bonchev–Trinajstić information content (AvgIpc) is 3.01.